The molecule has 0 radical (unpaired) electrons. The van der Waals surface area contributed by atoms with Gasteiger partial charge in [0, 0.05) is 36.5 Å². The van der Waals surface area contributed by atoms with Gasteiger partial charge in [0.05, 0.1) is 10.5 Å². The monoisotopic (exact) mass is 452 g/mol. The Balaban J connectivity index is 1.78. The van der Waals surface area contributed by atoms with Crippen LogP contribution < -0.4 is 10.6 Å². The van der Waals surface area contributed by atoms with Crippen LogP contribution in [-0.2, 0) is 11.2 Å². The van der Waals surface area contributed by atoms with Crippen LogP contribution in [0.25, 0.3) is 0 Å². The maximum Gasteiger partial charge on any atom is 0.269 e. The van der Waals surface area contributed by atoms with Crippen LogP contribution in [-0.4, -0.2) is 37.3 Å². The molecule has 1 aliphatic rings. The van der Waals surface area contributed by atoms with Gasteiger partial charge in [-0.25, -0.2) is 9.07 Å². The Bertz CT molecular complexity index is 1240. The van der Waals surface area contributed by atoms with Gasteiger partial charge in [0.15, 0.2) is 5.82 Å². The number of hydrogen-bond acceptors (Lipinski definition) is 7. The lowest BCUT2D eigenvalue weighted by atomic mass is 9.94. The molecular weight excluding hydrogens is 431 g/mol. The molecule has 0 unspecified atom stereocenters. The van der Waals surface area contributed by atoms with Crippen molar-refractivity contribution in [3.05, 3.63) is 87.1 Å². The molecular formula is C22H21FN6O4. The van der Waals surface area contributed by atoms with Crippen LogP contribution in [0.2, 0.25) is 0 Å². The number of aliphatic hydroxyl groups is 1. The summed E-state index contributed by atoms with van der Waals surface area (Å²) in [4.78, 5) is 28.6. The Morgan fingerprint density at radius 3 is 2.76 bits per heavy atom. The van der Waals surface area contributed by atoms with Gasteiger partial charge in [-0.05, 0) is 43.2 Å². The van der Waals surface area contributed by atoms with E-state index < -0.39 is 22.7 Å². The molecule has 2 heterocycles. The molecule has 0 fully saturated rings. The highest BCUT2D eigenvalue weighted by Gasteiger charge is 2.35. The van der Waals surface area contributed by atoms with Gasteiger partial charge in [0.25, 0.3) is 11.6 Å². The number of halogens is 1. The highest BCUT2D eigenvalue weighted by Crippen LogP contribution is 2.36. The van der Waals surface area contributed by atoms with Crippen LogP contribution in [0, 0.1) is 15.9 Å². The Morgan fingerprint density at radius 1 is 1.30 bits per heavy atom. The summed E-state index contributed by atoms with van der Waals surface area (Å²) in [6, 6.07) is 10.5. The summed E-state index contributed by atoms with van der Waals surface area (Å²) in [5, 5.41) is 30.8. The summed E-state index contributed by atoms with van der Waals surface area (Å²) >= 11 is 0. The number of nitrogens with one attached hydrogen (secondary N) is 2. The Kier molecular flexibility index (Phi) is 6.13. The van der Waals surface area contributed by atoms with Gasteiger partial charge in [-0.2, -0.15) is 10.1 Å². The minimum Gasteiger partial charge on any atom is -0.396 e. The van der Waals surface area contributed by atoms with E-state index in [1.807, 2.05) is 0 Å². The van der Waals surface area contributed by atoms with Gasteiger partial charge in [-0.15, -0.1) is 0 Å². The van der Waals surface area contributed by atoms with E-state index in [1.54, 1.807) is 19.1 Å². The third-order valence-electron chi connectivity index (χ3n) is 5.20. The number of aromatic nitrogens is 3. The minimum atomic E-state index is -0.794. The van der Waals surface area contributed by atoms with E-state index in [0.29, 0.717) is 41.6 Å². The molecule has 170 valence electrons. The molecule has 3 aromatic rings. The second-order valence-electron chi connectivity index (χ2n) is 7.50. The van der Waals surface area contributed by atoms with E-state index in [4.69, 9.17) is 5.11 Å². The standard InChI is InChI=1S/C22H21FN6O4/c1-13-19(21(31)25-16-9-7-15(23)8-10-16)20(14-4-2-5-17(12-14)29(32)33)28-22(24-13)26-18(27-28)6-3-11-30/h2,4-5,7-10,12,20,30H,3,6,11H2,1H3,(H,25,31)(H,24,26,27)/t20-/m1/s1. The first-order chi connectivity index (χ1) is 15.9. The van der Waals surface area contributed by atoms with Crippen molar-refractivity contribution in [3.8, 4) is 0 Å². The molecule has 0 aliphatic carbocycles. The van der Waals surface area contributed by atoms with Crippen molar-refractivity contribution in [1.82, 2.24) is 14.8 Å². The lowest BCUT2D eigenvalue weighted by Crippen LogP contribution is -2.31. The lowest BCUT2D eigenvalue weighted by molar-refractivity contribution is -0.384. The van der Waals surface area contributed by atoms with E-state index in [1.165, 1.54) is 41.1 Å². The fourth-order valence-electron chi connectivity index (χ4n) is 3.68. The number of fused-ring (bicyclic) bond motifs is 1. The Labute approximate surface area is 187 Å². The average Bonchev–Trinajstić information content (AvgIpc) is 3.20. The summed E-state index contributed by atoms with van der Waals surface area (Å²) in [5.74, 6) is -0.0497. The fraction of sp³-hybridized carbons (Fsp3) is 0.227. The first-order valence-electron chi connectivity index (χ1n) is 10.2. The Hall–Kier alpha value is -4.12. The molecule has 2 aromatic carbocycles. The number of aryl methyl sites for hydroxylation is 1. The average molecular weight is 452 g/mol. The molecule has 3 N–H and O–H groups in total. The number of nitro groups is 1. The summed E-state index contributed by atoms with van der Waals surface area (Å²) < 4.78 is 14.8. The molecule has 1 atom stereocenters. The summed E-state index contributed by atoms with van der Waals surface area (Å²) in [7, 11) is 0. The van der Waals surface area contributed by atoms with Crippen LogP contribution in [0.15, 0.2) is 59.8 Å². The molecule has 0 spiro atoms. The third kappa shape index (κ3) is 4.58. The van der Waals surface area contributed by atoms with Crippen molar-refractivity contribution in [3.63, 3.8) is 0 Å². The fourth-order valence-corrected chi connectivity index (χ4v) is 3.68. The van der Waals surface area contributed by atoms with Crippen molar-refractivity contribution in [1.29, 1.82) is 0 Å². The molecule has 10 nitrogen and oxygen atoms in total. The molecule has 0 saturated heterocycles. The third-order valence-corrected chi connectivity index (χ3v) is 5.20. The van der Waals surface area contributed by atoms with E-state index >= 15 is 0 Å². The van der Waals surface area contributed by atoms with Crippen molar-refractivity contribution < 1.29 is 19.2 Å². The number of rotatable bonds is 7. The van der Waals surface area contributed by atoms with E-state index in [2.05, 4.69) is 20.7 Å². The second-order valence-corrected chi connectivity index (χ2v) is 7.50. The minimum absolute atomic E-state index is 0.0196. The number of aliphatic hydroxyl groups excluding tert-OH is 1. The predicted octanol–water partition coefficient (Wildman–Crippen LogP) is 3.18. The van der Waals surface area contributed by atoms with Gasteiger partial charge >= 0.3 is 0 Å². The zero-order valence-electron chi connectivity index (χ0n) is 17.7. The molecule has 1 aliphatic heterocycles. The number of non-ortho nitro benzene ring substituents is 1. The zero-order valence-corrected chi connectivity index (χ0v) is 17.7. The maximum absolute atomic E-state index is 13.3. The largest absolute Gasteiger partial charge is 0.396 e. The number of hydrogen-bond donors (Lipinski definition) is 3. The number of nitro benzene ring substituents is 1. The first-order valence-corrected chi connectivity index (χ1v) is 10.2. The molecule has 0 bridgehead atoms. The lowest BCUT2D eigenvalue weighted by Gasteiger charge is -2.28. The quantitative estimate of drug-likeness (QED) is 0.370. The first kappa shape index (κ1) is 22.1. The highest BCUT2D eigenvalue weighted by atomic mass is 19.1. The van der Waals surface area contributed by atoms with E-state index in [9.17, 15) is 19.3 Å². The van der Waals surface area contributed by atoms with Crippen molar-refractivity contribution >= 4 is 23.2 Å². The SMILES string of the molecule is CC1=C(C(=O)Nc2ccc(F)cc2)[C@@H](c2cccc([N+](=O)[O-])c2)n2nc(CCCO)nc2N1. The van der Waals surface area contributed by atoms with Gasteiger partial charge in [0.1, 0.15) is 11.9 Å². The summed E-state index contributed by atoms with van der Waals surface area (Å²) in [6.45, 7) is 1.68. The number of benzene rings is 2. The molecule has 33 heavy (non-hydrogen) atoms. The van der Waals surface area contributed by atoms with E-state index in [0.717, 1.165) is 0 Å². The van der Waals surface area contributed by atoms with Crippen LogP contribution >= 0.6 is 0 Å². The van der Waals surface area contributed by atoms with E-state index in [-0.39, 0.29) is 17.9 Å². The Morgan fingerprint density at radius 2 is 2.06 bits per heavy atom. The molecule has 0 saturated carbocycles. The number of carbonyl (C=O) groups is 1. The number of allylic oxidation sites excluding steroid dienone is 1. The topological polar surface area (TPSA) is 135 Å². The summed E-state index contributed by atoms with van der Waals surface area (Å²) in [6.07, 6.45) is 0.894. The van der Waals surface area contributed by atoms with Crippen molar-refractivity contribution in [2.24, 2.45) is 0 Å². The number of anilines is 2. The molecule has 11 heteroatoms. The maximum atomic E-state index is 13.3. The van der Waals surface area contributed by atoms with Crippen LogP contribution in [0.5, 0.6) is 0 Å². The van der Waals surface area contributed by atoms with Crippen LogP contribution in [0.4, 0.5) is 21.7 Å². The zero-order chi connectivity index (χ0) is 23.5. The summed E-state index contributed by atoms with van der Waals surface area (Å²) in [5.41, 5.74) is 1.54. The van der Waals surface area contributed by atoms with Gasteiger partial charge in [-0.1, -0.05) is 12.1 Å². The van der Waals surface area contributed by atoms with Gasteiger partial charge in [-0.3, -0.25) is 14.9 Å². The normalized spacial score (nSPS) is 15.1. The molecule has 1 aromatic heterocycles. The van der Waals surface area contributed by atoms with Gasteiger partial charge in [0.2, 0.25) is 5.95 Å². The molecule has 1 amide bonds. The predicted molar refractivity (Wildman–Crippen MR) is 118 cm³/mol. The van der Waals surface area contributed by atoms with Crippen molar-refractivity contribution in [2.45, 2.75) is 25.8 Å². The molecule has 4 rings (SSSR count). The van der Waals surface area contributed by atoms with Gasteiger partial charge < -0.3 is 15.7 Å². The number of amides is 1. The van der Waals surface area contributed by atoms with Crippen LogP contribution in [0.3, 0.4) is 0 Å². The number of nitrogens with zero attached hydrogens (tertiary/aromatic N) is 4. The smallest absolute Gasteiger partial charge is 0.269 e. The van der Waals surface area contributed by atoms with Crippen molar-refractivity contribution in [2.75, 3.05) is 17.2 Å². The number of carbonyl (C=O) groups excluding carboxylic acids is 1. The van der Waals surface area contributed by atoms with Crippen LogP contribution in [0.1, 0.15) is 30.8 Å². The highest BCUT2D eigenvalue weighted by molar-refractivity contribution is 6.06. The second kappa shape index (κ2) is 9.17.